The highest BCUT2D eigenvalue weighted by atomic mass is 32.1. The van der Waals surface area contributed by atoms with Gasteiger partial charge in [-0.15, -0.1) is 10.2 Å². The number of nitrogens with zero attached hydrogens (tertiary/aromatic N) is 3. The van der Waals surface area contributed by atoms with E-state index in [1.165, 1.54) is 30.6 Å². The Kier molecular flexibility index (Phi) is 5.39. The summed E-state index contributed by atoms with van der Waals surface area (Å²) in [6, 6.07) is 8.66. The lowest BCUT2D eigenvalue weighted by Crippen LogP contribution is -2.20. The van der Waals surface area contributed by atoms with Gasteiger partial charge >= 0.3 is 0 Å². The fourth-order valence-corrected chi connectivity index (χ4v) is 3.66. The maximum atomic E-state index is 11.9. The largest absolute Gasteiger partial charge is 0.484 e. The molecule has 0 unspecified atom stereocenters. The second kappa shape index (κ2) is 7.88. The molecule has 1 aromatic heterocycles. The Morgan fingerprint density at radius 2 is 2.00 bits per heavy atom. The summed E-state index contributed by atoms with van der Waals surface area (Å²) in [6.07, 6.45) is 6.09. The number of carbonyl (C=O) groups is 1. The fraction of sp³-hybridized carbons (Fsp3) is 0.412. The van der Waals surface area contributed by atoms with Crippen molar-refractivity contribution in [2.24, 2.45) is 0 Å². The lowest BCUT2D eigenvalue weighted by Gasteiger charge is -2.18. The molecule has 1 aliphatic carbocycles. The topological polar surface area (TPSA) is 87.9 Å². The summed E-state index contributed by atoms with van der Waals surface area (Å²) in [5, 5.41) is 21.3. The molecule has 1 saturated carbocycles. The summed E-state index contributed by atoms with van der Waals surface area (Å²) in [5.74, 6) is 0.756. The van der Waals surface area contributed by atoms with Gasteiger partial charge in [-0.05, 0) is 37.1 Å². The molecule has 1 N–H and O–H groups in total. The third-order valence-electron chi connectivity index (χ3n) is 3.99. The van der Waals surface area contributed by atoms with Gasteiger partial charge in [0.25, 0.3) is 5.91 Å². The molecular weight excluding hydrogens is 324 g/mol. The zero-order valence-electron chi connectivity index (χ0n) is 13.2. The number of rotatable bonds is 5. The molecule has 2 aromatic rings. The van der Waals surface area contributed by atoms with E-state index in [1.54, 1.807) is 24.3 Å². The van der Waals surface area contributed by atoms with E-state index in [2.05, 4.69) is 15.5 Å². The SMILES string of the molecule is N#Cc1ccc(OCC(=O)Nc2nnc(C3CCCCC3)s2)cc1. The maximum Gasteiger partial charge on any atom is 0.264 e. The summed E-state index contributed by atoms with van der Waals surface area (Å²) in [4.78, 5) is 11.9. The first kappa shape index (κ1) is 16.4. The van der Waals surface area contributed by atoms with Crippen molar-refractivity contribution in [2.45, 2.75) is 38.0 Å². The summed E-state index contributed by atoms with van der Waals surface area (Å²) in [7, 11) is 0. The van der Waals surface area contributed by atoms with E-state index in [0.717, 1.165) is 17.8 Å². The van der Waals surface area contributed by atoms with Crippen LogP contribution in [-0.4, -0.2) is 22.7 Å². The van der Waals surface area contributed by atoms with E-state index in [4.69, 9.17) is 10.00 Å². The zero-order chi connectivity index (χ0) is 16.8. The highest BCUT2D eigenvalue weighted by Crippen LogP contribution is 2.35. The van der Waals surface area contributed by atoms with E-state index in [1.807, 2.05) is 6.07 Å². The van der Waals surface area contributed by atoms with Gasteiger partial charge in [0.2, 0.25) is 5.13 Å². The van der Waals surface area contributed by atoms with Gasteiger partial charge in [0.05, 0.1) is 11.6 Å². The number of hydrogen-bond donors (Lipinski definition) is 1. The molecule has 1 fully saturated rings. The third-order valence-corrected chi connectivity index (χ3v) is 5.00. The Hall–Kier alpha value is -2.46. The first-order chi connectivity index (χ1) is 11.7. The van der Waals surface area contributed by atoms with Gasteiger partial charge in [-0.2, -0.15) is 5.26 Å². The average Bonchev–Trinajstić information content (AvgIpc) is 3.09. The number of nitriles is 1. The molecule has 0 atom stereocenters. The molecule has 1 heterocycles. The van der Waals surface area contributed by atoms with Crippen molar-refractivity contribution in [1.82, 2.24) is 10.2 Å². The molecule has 1 amide bonds. The van der Waals surface area contributed by atoms with Crippen LogP contribution < -0.4 is 10.1 Å². The molecule has 24 heavy (non-hydrogen) atoms. The smallest absolute Gasteiger partial charge is 0.264 e. The number of aromatic nitrogens is 2. The third kappa shape index (κ3) is 4.30. The van der Waals surface area contributed by atoms with E-state index in [-0.39, 0.29) is 12.5 Å². The van der Waals surface area contributed by atoms with Crippen LogP contribution in [-0.2, 0) is 4.79 Å². The molecular formula is C17H18N4O2S. The van der Waals surface area contributed by atoms with Crippen LogP contribution in [0.3, 0.4) is 0 Å². The predicted molar refractivity (Wildman–Crippen MR) is 91.0 cm³/mol. The number of amides is 1. The Bertz CT molecular complexity index is 730. The lowest BCUT2D eigenvalue weighted by atomic mass is 9.90. The second-order valence-corrected chi connectivity index (χ2v) is 6.76. The molecule has 0 radical (unpaired) electrons. The minimum Gasteiger partial charge on any atom is -0.484 e. The maximum absolute atomic E-state index is 11.9. The van der Waals surface area contributed by atoms with Gasteiger partial charge < -0.3 is 4.74 Å². The minimum absolute atomic E-state index is 0.107. The van der Waals surface area contributed by atoms with Gasteiger partial charge in [0.1, 0.15) is 10.8 Å². The van der Waals surface area contributed by atoms with Crippen LogP contribution in [0, 0.1) is 11.3 Å². The fourth-order valence-electron chi connectivity index (χ4n) is 2.73. The Labute approximate surface area is 144 Å². The van der Waals surface area contributed by atoms with Crippen molar-refractivity contribution in [1.29, 1.82) is 5.26 Å². The summed E-state index contributed by atoms with van der Waals surface area (Å²) >= 11 is 1.45. The van der Waals surface area contributed by atoms with E-state index >= 15 is 0 Å². The van der Waals surface area contributed by atoms with Gasteiger partial charge in [0.15, 0.2) is 6.61 Å². The van der Waals surface area contributed by atoms with Crippen molar-refractivity contribution in [3.05, 3.63) is 34.8 Å². The van der Waals surface area contributed by atoms with Crippen molar-refractivity contribution in [2.75, 3.05) is 11.9 Å². The summed E-state index contributed by atoms with van der Waals surface area (Å²) in [5.41, 5.74) is 0.552. The van der Waals surface area contributed by atoms with E-state index in [9.17, 15) is 4.79 Å². The highest BCUT2D eigenvalue weighted by Gasteiger charge is 2.20. The number of nitrogens with one attached hydrogen (secondary N) is 1. The van der Waals surface area contributed by atoms with Crippen molar-refractivity contribution >= 4 is 22.4 Å². The van der Waals surface area contributed by atoms with Crippen molar-refractivity contribution in [3.63, 3.8) is 0 Å². The van der Waals surface area contributed by atoms with Crippen LogP contribution in [0.15, 0.2) is 24.3 Å². The highest BCUT2D eigenvalue weighted by molar-refractivity contribution is 7.15. The number of hydrogen-bond acceptors (Lipinski definition) is 6. The van der Waals surface area contributed by atoms with Crippen LogP contribution in [0.4, 0.5) is 5.13 Å². The summed E-state index contributed by atoms with van der Waals surface area (Å²) in [6.45, 7) is -0.107. The molecule has 0 bridgehead atoms. The van der Waals surface area contributed by atoms with Crippen LogP contribution in [0.25, 0.3) is 0 Å². The lowest BCUT2D eigenvalue weighted by molar-refractivity contribution is -0.118. The van der Waals surface area contributed by atoms with Gasteiger partial charge in [-0.25, -0.2) is 0 Å². The molecule has 0 spiro atoms. The minimum atomic E-state index is -0.272. The molecule has 7 heteroatoms. The molecule has 0 aliphatic heterocycles. The zero-order valence-corrected chi connectivity index (χ0v) is 14.0. The Morgan fingerprint density at radius 1 is 1.25 bits per heavy atom. The monoisotopic (exact) mass is 342 g/mol. The standard InChI is InChI=1S/C17H18N4O2S/c18-10-12-6-8-14(9-7-12)23-11-15(22)19-17-21-20-16(24-17)13-4-2-1-3-5-13/h6-9,13H,1-5,11H2,(H,19,21,22). The van der Waals surface area contributed by atoms with E-state index < -0.39 is 0 Å². The van der Waals surface area contributed by atoms with Crippen molar-refractivity contribution in [3.8, 4) is 11.8 Å². The first-order valence-electron chi connectivity index (χ1n) is 8.01. The van der Waals surface area contributed by atoms with Crippen LogP contribution in [0.2, 0.25) is 0 Å². The Morgan fingerprint density at radius 3 is 2.71 bits per heavy atom. The van der Waals surface area contributed by atoms with Gasteiger partial charge in [-0.3, -0.25) is 10.1 Å². The summed E-state index contributed by atoms with van der Waals surface area (Å²) < 4.78 is 5.40. The number of anilines is 1. The second-order valence-electron chi connectivity index (χ2n) is 5.75. The molecule has 1 aliphatic rings. The van der Waals surface area contributed by atoms with Crippen LogP contribution in [0.5, 0.6) is 5.75 Å². The molecule has 3 rings (SSSR count). The quantitative estimate of drug-likeness (QED) is 0.899. The molecule has 1 aromatic carbocycles. The molecule has 0 saturated heterocycles. The normalized spacial score (nSPS) is 14.8. The Balaban J connectivity index is 1.49. The van der Waals surface area contributed by atoms with Crippen LogP contribution in [0.1, 0.15) is 48.6 Å². The first-order valence-corrected chi connectivity index (χ1v) is 8.82. The van der Waals surface area contributed by atoms with E-state index in [0.29, 0.717) is 22.4 Å². The van der Waals surface area contributed by atoms with Crippen LogP contribution >= 0.6 is 11.3 Å². The van der Waals surface area contributed by atoms with Gasteiger partial charge in [0, 0.05) is 5.92 Å². The predicted octanol–water partition coefficient (Wildman–Crippen LogP) is 3.47. The molecule has 6 nitrogen and oxygen atoms in total. The average molecular weight is 342 g/mol. The molecule has 124 valence electrons. The number of ether oxygens (including phenoxy) is 1. The van der Waals surface area contributed by atoms with Crippen molar-refractivity contribution < 1.29 is 9.53 Å². The number of carbonyl (C=O) groups excluding carboxylic acids is 1. The van der Waals surface area contributed by atoms with Gasteiger partial charge in [-0.1, -0.05) is 30.6 Å². The number of benzene rings is 1.